The maximum absolute atomic E-state index is 14.2. The Kier molecular flexibility index (Phi) is 5.82. The third kappa shape index (κ3) is 3.59. The zero-order valence-electron chi connectivity index (χ0n) is 16.6. The van der Waals surface area contributed by atoms with E-state index in [1.165, 1.54) is 0 Å². The van der Waals surface area contributed by atoms with Gasteiger partial charge in [0.2, 0.25) is 17.1 Å². The monoisotopic (exact) mass is 519 g/mol. The number of rotatable bonds is 7. The molecule has 0 aromatic carbocycles. The number of fused-ring (bicyclic) bond motifs is 3. The first kappa shape index (κ1) is 23.6. The first-order valence-corrected chi connectivity index (χ1v) is 11.5. The van der Waals surface area contributed by atoms with Gasteiger partial charge in [-0.3, -0.25) is 14.4 Å². The first-order valence-electron chi connectivity index (χ1n) is 9.27. The molecule has 182 valence electrons. The summed E-state index contributed by atoms with van der Waals surface area (Å²) in [7, 11) is 0. The van der Waals surface area contributed by atoms with Crippen LogP contribution in [0.2, 0.25) is 0 Å². The number of carboxylic acids is 2. The number of carbonyl (C=O) groups is 5. The molecule has 1 aromatic rings. The quantitative estimate of drug-likeness (QED) is 0.0956. The van der Waals surface area contributed by atoms with Crippen LogP contribution in [0.3, 0.4) is 0 Å². The molecule has 5 N–H and O–H groups in total. The van der Waals surface area contributed by atoms with E-state index in [-0.39, 0.29) is 17.3 Å². The topological polar surface area (TPSA) is 234 Å². The Morgan fingerprint density at radius 1 is 1.44 bits per heavy atom. The van der Waals surface area contributed by atoms with Crippen molar-refractivity contribution in [1.29, 1.82) is 0 Å². The normalized spacial score (nSPS) is 30.1. The number of hydrogen-bond donors (Lipinski definition) is 4. The van der Waals surface area contributed by atoms with Crippen LogP contribution in [0.1, 0.15) is 12.1 Å². The van der Waals surface area contributed by atoms with Crippen molar-refractivity contribution in [2.24, 2.45) is 11.1 Å². The minimum Gasteiger partial charge on any atom is -0.615 e. The Morgan fingerprint density at radius 3 is 2.74 bits per heavy atom. The molecule has 4 heterocycles. The molecule has 0 spiro atoms. The average molecular weight is 519 g/mol. The van der Waals surface area contributed by atoms with Crippen molar-refractivity contribution in [3.8, 4) is 0 Å². The van der Waals surface area contributed by atoms with Crippen molar-refractivity contribution in [1.82, 2.24) is 15.2 Å². The van der Waals surface area contributed by atoms with Crippen LogP contribution in [0.25, 0.3) is 0 Å². The molecule has 1 unspecified atom stereocenters. The lowest BCUT2D eigenvalue weighted by molar-refractivity contribution is -0.216. The number of carboxylic acid groups (broad SMARTS) is 2. The number of ether oxygens (including phenoxy) is 1. The molecule has 1 aromatic heterocycles. The summed E-state index contributed by atoms with van der Waals surface area (Å²) in [5.41, 5.74) is 1.50. The number of anilines is 1. The number of nitrogens with one attached hydrogen (secondary N) is 1. The van der Waals surface area contributed by atoms with Crippen molar-refractivity contribution in [3.63, 3.8) is 0 Å². The summed E-state index contributed by atoms with van der Waals surface area (Å²) in [5.74, 6) is -7.59. The van der Waals surface area contributed by atoms with E-state index < -0.39 is 87.1 Å². The van der Waals surface area contributed by atoms with Gasteiger partial charge in [0.1, 0.15) is 11.4 Å². The van der Waals surface area contributed by atoms with E-state index in [1.54, 1.807) is 0 Å². The summed E-state index contributed by atoms with van der Waals surface area (Å²) in [6.45, 7) is -0.991. The second-order valence-electron chi connectivity index (χ2n) is 7.26. The Morgan fingerprint density at radius 2 is 2.15 bits per heavy atom. The van der Waals surface area contributed by atoms with Gasteiger partial charge in [-0.1, -0.05) is 16.5 Å². The second kappa shape index (κ2) is 8.37. The molecule has 3 fully saturated rings. The highest BCUT2D eigenvalue weighted by Gasteiger charge is 2.76. The number of halogens is 1. The fraction of sp³-hybridized carbons (Fsp3) is 0.438. The molecule has 2 amide bonds. The number of nitrogens with two attached hydrogens (primary N) is 1. The molecule has 18 heteroatoms. The summed E-state index contributed by atoms with van der Waals surface area (Å²) in [6.07, 6.45) is -0.353. The van der Waals surface area contributed by atoms with Gasteiger partial charge in [0.15, 0.2) is 16.9 Å². The average Bonchev–Trinajstić information content (AvgIpc) is 3.25. The number of amides is 2. The SMILES string of the molecule is Nc1nc(/C(=N/OCC(=O)O)C(=O)N[C@@H]2C(=O)N3[C@@H]2[S+]([O-])C[C@@H]2CC(=O)O[C@@]23C(=O)O)c(F)s1. The van der Waals surface area contributed by atoms with Crippen LogP contribution in [0.15, 0.2) is 5.16 Å². The maximum Gasteiger partial charge on any atom is 0.371 e. The lowest BCUT2D eigenvalue weighted by Crippen LogP contribution is -2.84. The number of β-lactam (4-membered cyclic amide) rings is 1. The highest BCUT2D eigenvalue weighted by molar-refractivity contribution is 7.92. The standard InChI is InChI=1S/C16H14FN5O10S2/c17-10-7(20-15(18)33-10)8(21-31-2-5(23)24)11(26)19-9-12(27)22-13(9)34(30)3-4-1-6(25)32-16(4,22)14(28)29/h4,9,13H,1-3H2,(H2,18,20)(H,19,26)(H,23,24)(H,28,29)/b21-8-/t4-,9+,13+,16+,34?/m0/s1. The number of oxime groups is 1. The van der Waals surface area contributed by atoms with Gasteiger partial charge in [-0.15, -0.1) is 0 Å². The Labute approximate surface area is 194 Å². The third-order valence-corrected chi connectivity index (χ3v) is 7.68. The Bertz CT molecular complexity index is 1140. The fourth-order valence-corrected chi connectivity index (χ4v) is 6.39. The van der Waals surface area contributed by atoms with Gasteiger partial charge in [0.25, 0.3) is 17.5 Å². The minimum absolute atomic E-state index is 0.289. The van der Waals surface area contributed by atoms with Crippen LogP contribution in [-0.4, -0.2) is 89.6 Å². The highest BCUT2D eigenvalue weighted by Crippen LogP contribution is 2.48. The molecule has 3 saturated heterocycles. The van der Waals surface area contributed by atoms with E-state index in [1.807, 2.05) is 0 Å². The molecular weight excluding hydrogens is 505 g/mol. The highest BCUT2D eigenvalue weighted by atomic mass is 32.2. The van der Waals surface area contributed by atoms with Crippen molar-refractivity contribution in [3.05, 3.63) is 10.8 Å². The van der Waals surface area contributed by atoms with Gasteiger partial charge in [0.05, 0.1) is 12.3 Å². The number of aliphatic carboxylic acids is 2. The van der Waals surface area contributed by atoms with E-state index in [0.717, 1.165) is 0 Å². The van der Waals surface area contributed by atoms with Gasteiger partial charge in [-0.25, -0.2) is 19.5 Å². The lowest BCUT2D eigenvalue weighted by Gasteiger charge is -2.55. The third-order valence-electron chi connectivity index (χ3n) is 5.25. The largest absolute Gasteiger partial charge is 0.615 e. The van der Waals surface area contributed by atoms with E-state index in [2.05, 4.69) is 20.3 Å². The van der Waals surface area contributed by atoms with Crippen LogP contribution in [-0.2, 0) is 44.7 Å². The second-order valence-corrected chi connectivity index (χ2v) is 9.81. The number of nitrogen functional groups attached to an aromatic ring is 1. The first-order chi connectivity index (χ1) is 16.0. The van der Waals surface area contributed by atoms with Crippen LogP contribution in [0.4, 0.5) is 9.52 Å². The number of aromatic nitrogens is 1. The van der Waals surface area contributed by atoms with Crippen LogP contribution < -0.4 is 11.1 Å². The molecule has 4 rings (SSSR count). The Hall–Kier alpha value is -3.51. The molecule has 3 aliphatic heterocycles. The molecule has 3 aliphatic rings. The number of hydrogen-bond acceptors (Lipinski definition) is 12. The van der Waals surface area contributed by atoms with Crippen molar-refractivity contribution in [2.75, 3.05) is 18.1 Å². The summed E-state index contributed by atoms with van der Waals surface area (Å²) >= 11 is -1.54. The van der Waals surface area contributed by atoms with Gasteiger partial charge in [-0.2, -0.15) is 4.39 Å². The zero-order chi connectivity index (χ0) is 24.9. The van der Waals surface area contributed by atoms with Crippen molar-refractivity contribution < 1.29 is 52.7 Å². The molecule has 0 saturated carbocycles. The Balaban J connectivity index is 1.60. The van der Waals surface area contributed by atoms with Crippen molar-refractivity contribution >= 4 is 63.1 Å². The summed E-state index contributed by atoms with van der Waals surface area (Å²) in [6, 6.07) is -1.55. The van der Waals surface area contributed by atoms with Crippen LogP contribution in [0, 0.1) is 11.0 Å². The van der Waals surface area contributed by atoms with E-state index >= 15 is 0 Å². The molecular formula is C16H14FN5O10S2. The van der Waals surface area contributed by atoms with E-state index in [4.69, 9.17) is 15.6 Å². The summed E-state index contributed by atoms with van der Waals surface area (Å²) in [5, 5.41) is 21.1. The maximum atomic E-state index is 14.2. The predicted octanol–water partition coefficient (Wildman–Crippen LogP) is -2.57. The van der Waals surface area contributed by atoms with Crippen molar-refractivity contribution in [2.45, 2.75) is 23.6 Å². The molecule has 5 atom stereocenters. The van der Waals surface area contributed by atoms with E-state index in [0.29, 0.717) is 16.2 Å². The number of nitrogens with zero attached hydrogens (tertiary/aromatic N) is 3. The molecule has 0 aliphatic carbocycles. The summed E-state index contributed by atoms with van der Waals surface area (Å²) < 4.78 is 31.9. The number of esters is 1. The summed E-state index contributed by atoms with van der Waals surface area (Å²) in [4.78, 5) is 68.8. The van der Waals surface area contributed by atoms with Crippen LogP contribution >= 0.6 is 11.3 Å². The minimum atomic E-state index is -2.36. The number of carbonyl (C=O) groups excluding carboxylic acids is 3. The van der Waals surface area contributed by atoms with Gasteiger partial charge >= 0.3 is 17.9 Å². The smallest absolute Gasteiger partial charge is 0.371 e. The van der Waals surface area contributed by atoms with Gasteiger partial charge < -0.3 is 35.4 Å². The fourth-order valence-electron chi connectivity index (χ4n) is 3.91. The van der Waals surface area contributed by atoms with E-state index in [9.17, 15) is 38.0 Å². The predicted molar refractivity (Wildman–Crippen MR) is 107 cm³/mol. The molecule has 0 radical (unpaired) electrons. The molecule has 15 nitrogen and oxygen atoms in total. The van der Waals surface area contributed by atoms with Crippen LogP contribution in [0.5, 0.6) is 0 Å². The zero-order valence-corrected chi connectivity index (χ0v) is 18.3. The van der Waals surface area contributed by atoms with Gasteiger partial charge in [-0.05, 0) is 11.2 Å². The van der Waals surface area contributed by atoms with Gasteiger partial charge in [0, 0.05) is 0 Å². The lowest BCUT2D eigenvalue weighted by atomic mass is 9.89. The molecule has 0 bridgehead atoms. The number of thiazole rings is 1. The molecule has 34 heavy (non-hydrogen) atoms.